The normalized spacial score (nSPS) is 11.0. The van der Waals surface area contributed by atoms with Gasteiger partial charge in [-0.2, -0.15) is 19.7 Å². The minimum atomic E-state index is 0.559. The summed E-state index contributed by atoms with van der Waals surface area (Å²) in [7, 11) is 0. The summed E-state index contributed by atoms with van der Waals surface area (Å²) < 4.78 is 3.57. The van der Waals surface area contributed by atoms with Gasteiger partial charge in [-0.1, -0.05) is 48.5 Å². The first kappa shape index (κ1) is 16.2. The lowest BCUT2D eigenvalue weighted by atomic mass is 10.1. The van der Waals surface area contributed by atoms with Crippen molar-refractivity contribution >= 4 is 11.6 Å². The van der Waals surface area contributed by atoms with E-state index in [2.05, 4.69) is 25.5 Å². The van der Waals surface area contributed by atoms with E-state index in [1.165, 1.54) is 6.33 Å². The molecule has 0 aliphatic rings. The third-order valence-corrected chi connectivity index (χ3v) is 4.45. The molecule has 0 aliphatic carbocycles. The second-order valence-corrected chi connectivity index (χ2v) is 6.35. The van der Waals surface area contributed by atoms with Crippen LogP contribution < -0.4 is 5.32 Å². The van der Waals surface area contributed by atoms with Gasteiger partial charge in [0.2, 0.25) is 0 Å². The fraction of sp³-hybridized carbons (Fsp3) is 0.0476. The summed E-state index contributed by atoms with van der Waals surface area (Å²) in [4.78, 5) is 8.85. The molecule has 0 fully saturated rings. The number of para-hydroxylation sites is 1. The largest absolute Gasteiger partial charge is 0.366 e. The maximum Gasteiger partial charge on any atom is 0.254 e. The molecular weight excluding hydrogens is 350 g/mol. The average molecular weight is 367 g/mol. The number of rotatable bonds is 5. The topological polar surface area (TPSA) is 72.9 Å². The lowest BCUT2D eigenvalue weighted by molar-refractivity contribution is 0.879. The van der Waals surface area contributed by atoms with Crippen molar-refractivity contribution in [1.29, 1.82) is 0 Å². The van der Waals surface area contributed by atoms with Crippen LogP contribution in [0.5, 0.6) is 0 Å². The van der Waals surface area contributed by atoms with Crippen LogP contribution in [0.1, 0.15) is 5.56 Å². The van der Waals surface area contributed by atoms with Gasteiger partial charge in [-0.05, 0) is 12.1 Å². The number of nitrogens with one attached hydrogen (secondary N) is 1. The fourth-order valence-corrected chi connectivity index (χ4v) is 3.06. The Morgan fingerprint density at radius 3 is 2.50 bits per heavy atom. The number of nitrogens with zero attached hydrogens (tertiary/aromatic N) is 6. The van der Waals surface area contributed by atoms with Crippen LogP contribution in [0.2, 0.25) is 0 Å². The van der Waals surface area contributed by atoms with Crippen molar-refractivity contribution in [3.8, 4) is 16.9 Å². The number of hydrogen-bond donors (Lipinski definition) is 1. The Hall–Kier alpha value is -4.00. The van der Waals surface area contributed by atoms with Crippen LogP contribution in [-0.4, -0.2) is 29.4 Å². The van der Waals surface area contributed by atoms with E-state index in [0.29, 0.717) is 12.3 Å². The maximum atomic E-state index is 4.60. The van der Waals surface area contributed by atoms with E-state index < -0.39 is 0 Å². The van der Waals surface area contributed by atoms with Crippen LogP contribution in [0, 0.1) is 0 Å². The first-order chi connectivity index (χ1) is 13.9. The molecule has 3 heterocycles. The molecule has 0 radical (unpaired) electrons. The summed E-state index contributed by atoms with van der Waals surface area (Å²) in [5.41, 5.74) is 3.98. The number of hydrogen-bond acceptors (Lipinski definition) is 5. The molecule has 3 aromatic heterocycles. The zero-order valence-corrected chi connectivity index (χ0v) is 15.0. The molecule has 5 aromatic rings. The van der Waals surface area contributed by atoms with Gasteiger partial charge in [0.25, 0.3) is 5.78 Å². The highest BCUT2D eigenvalue weighted by molar-refractivity contribution is 5.65. The Morgan fingerprint density at radius 1 is 0.893 bits per heavy atom. The van der Waals surface area contributed by atoms with Crippen LogP contribution in [0.15, 0.2) is 85.5 Å². The zero-order chi connectivity index (χ0) is 18.8. The third-order valence-electron chi connectivity index (χ3n) is 4.45. The van der Waals surface area contributed by atoms with Crippen molar-refractivity contribution in [3.05, 3.63) is 91.0 Å². The van der Waals surface area contributed by atoms with E-state index in [-0.39, 0.29) is 0 Å². The lowest BCUT2D eigenvalue weighted by Gasteiger charge is -2.09. The first-order valence-electron chi connectivity index (χ1n) is 8.96. The number of fused-ring (bicyclic) bond motifs is 1. The Morgan fingerprint density at radius 2 is 1.68 bits per heavy atom. The molecule has 2 aromatic carbocycles. The Balaban J connectivity index is 1.42. The summed E-state index contributed by atoms with van der Waals surface area (Å²) in [6, 6.07) is 22.1. The highest BCUT2D eigenvalue weighted by Crippen LogP contribution is 2.21. The van der Waals surface area contributed by atoms with E-state index >= 15 is 0 Å². The van der Waals surface area contributed by atoms with Crippen molar-refractivity contribution in [2.75, 3.05) is 5.32 Å². The van der Waals surface area contributed by atoms with Crippen LogP contribution in [-0.2, 0) is 6.54 Å². The van der Waals surface area contributed by atoms with E-state index in [0.717, 1.165) is 28.3 Å². The van der Waals surface area contributed by atoms with Crippen LogP contribution in [0.4, 0.5) is 5.82 Å². The molecule has 7 heteroatoms. The molecule has 0 atom stereocenters. The second-order valence-electron chi connectivity index (χ2n) is 6.35. The van der Waals surface area contributed by atoms with Gasteiger partial charge < -0.3 is 5.32 Å². The van der Waals surface area contributed by atoms with Crippen molar-refractivity contribution in [2.24, 2.45) is 0 Å². The van der Waals surface area contributed by atoms with Gasteiger partial charge in [0.15, 0.2) is 0 Å². The van der Waals surface area contributed by atoms with Gasteiger partial charge in [0.05, 0.1) is 17.6 Å². The average Bonchev–Trinajstić information content (AvgIpc) is 3.43. The van der Waals surface area contributed by atoms with Crippen LogP contribution >= 0.6 is 0 Å². The van der Waals surface area contributed by atoms with E-state index in [9.17, 15) is 0 Å². The minimum Gasteiger partial charge on any atom is -0.366 e. The summed E-state index contributed by atoms with van der Waals surface area (Å²) >= 11 is 0. The molecule has 0 saturated carbocycles. The van der Waals surface area contributed by atoms with Crippen molar-refractivity contribution in [1.82, 2.24) is 29.4 Å². The molecule has 5 rings (SSSR count). The Kier molecular flexibility index (Phi) is 4.02. The van der Waals surface area contributed by atoms with Gasteiger partial charge in [0, 0.05) is 29.9 Å². The molecule has 0 unspecified atom stereocenters. The molecule has 28 heavy (non-hydrogen) atoms. The van der Waals surface area contributed by atoms with Gasteiger partial charge >= 0.3 is 0 Å². The highest BCUT2D eigenvalue weighted by Gasteiger charge is 2.09. The van der Waals surface area contributed by atoms with Crippen LogP contribution in [0.3, 0.4) is 0 Å². The third kappa shape index (κ3) is 3.09. The summed E-state index contributed by atoms with van der Waals surface area (Å²) in [5.74, 6) is 1.39. The summed E-state index contributed by atoms with van der Waals surface area (Å²) in [6.07, 6.45) is 5.38. The highest BCUT2D eigenvalue weighted by atomic mass is 15.4. The van der Waals surface area contributed by atoms with Crippen molar-refractivity contribution in [3.63, 3.8) is 0 Å². The first-order valence-corrected chi connectivity index (χ1v) is 8.96. The standard InChI is InChI=1S/C21H17N7/c1-3-7-17(8-4-1)19-11-20(28-21(26-19)23-15-25-28)22-12-16-13-24-27(14-16)18-9-5-2-6-10-18/h1-11,13-15,22H,12H2. The van der Waals surface area contributed by atoms with Gasteiger partial charge in [0.1, 0.15) is 12.1 Å². The smallest absolute Gasteiger partial charge is 0.254 e. The zero-order valence-electron chi connectivity index (χ0n) is 15.0. The molecule has 0 amide bonds. The number of benzene rings is 2. The van der Waals surface area contributed by atoms with E-state index in [1.54, 1.807) is 4.52 Å². The fourth-order valence-electron chi connectivity index (χ4n) is 3.06. The van der Waals surface area contributed by atoms with Crippen LogP contribution in [0.25, 0.3) is 22.7 Å². The van der Waals surface area contributed by atoms with Crippen molar-refractivity contribution < 1.29 is 0 Å². The van der Waals surface area contributed by atoms with Crippen molar-refractivity contribution in [2.45, 2.75) is 6.54 Å². The molecule has 0 spiro atoms. The minimum absolute atomic E-state index is 0.559. The predicted octanol–water partition coefficient (Wildman–Crippen LogP) is 3.59. The predicted molar refractivity (Wildman–Crippen MR) is 107 cm³/mol. The Labute approximate surface area is 161 Å². The molecule has 0 bridgehead atoms. The number of anilines is 1. The lowest BCUT2D eigenvalue weighted by Crippen LogP contribution is -2.06. The number of aromatic nitrogens is 6. The molecule has 0 saturated heterocycles. The van der Waals surface area contributed by atoms with E-state index in [1.807, 2.05) is 83.8 Å². The maximum absolute atomic E-state index is 4.60. The quantitative estimate of drug-likeness (QED) is 0.514. The second kappa shape index (κ2) is 6.96. The molecule has 7 nitrogen and oxygen atoms in total. The van der Waals surface area contributed by atoms with E-state index in [4.69, 9.17) is 0 Å². The molecular formula is C21H17N7. The molecule has 0 aliphatic heterocycles. The molecule has 136 valence electrons. The monoisotopic (exact) mass is 367 g/mol. The SMILES string of the molecule is c1ccc(-c2cc(NCc3cnn(-c4ccccc4)c3)n3ncnc3n2)cc1. The Bertz CT molecular complexity index is 1210. The summed E-state index contributed by atoms with van der Waals surface area (Å²) in [6.45, 7) is 0.611. The van der Waals surface area contributed by atoms with Gasteiger partial charge in [-0.15, -0.1) is 0 Å². The van der Waals surface area contributed by atoms with Gasteiger partial charge in [-0.3, -0.25) is 0 Å². The van der Waals surface area contributed by atoms with Gasteiger partial charge in [-0.25, -0.2) is 9.67 Å². The summed E-state index contributed by atoms with van der Waals surface area (Å²) in [5, 5.41) is 12.2. The molecule has 1 N–H and O–H groups in total.